The number of likely N-dealkylation sites (tertiary alicyclic amines) is 2. The highest BCUT2D eigenvalue weighted by atomic mass is 32.2. The molecule has 4 nitrogen and oxygen atoms in total. The molecule has 150 valence electrons. The van der Waals surface area contributed by atoms with Crippen molar-refractivity contribution >= 4 is 17.7 Å². The van der Waals surface area contributed by atoms with Crippen molar-refractivity contribution in [2.75, 3.05) is 51.6 Å². The minimum absolute atomic E-state index is 0.734. The van der Waals surface area contributed by atoms with E-state index in [2.05, 4.69) is 59.3 Å². The van der Waals surface area contributed by atoms with Gasteiger partial charge in [0.1, 0.15) is 0 Å². The van der Waals surface area contributed by atoms with Crippen LogP contribution in [-0.4, -0.2) is 67.3 Å². The first-order chi connectivity index (χ1) is 13.3. The van der Waals surface area contributed by atoms with Crippen LogP contribution in [0.2, 0.25) is 0 Å². The predicted molar refractivity (Wildman–Crippen MR) is 118 cm³/mol. The molecule has 2 aliphatic rings. The molecule has 2 atom stereocenters. The molecule has 0 radical (unpaired) electrons. The lowest BCUT2D eigenvalue weighted by molar-refractivity contribution is 0.326. The van der Waals surface area contributed by atoms with Crippen molar-refractivity contribution < 1.29 is 0 Å². The van der Waals surface area contributed by atoms with E-state index in [1.165, 1.54) is 49.5 Å². The largest absolute Gasteiger partial charge is 0.357 e. The van der Waals surface area contributed by atoms with Gasteiger partial charge in [-0.25, -0.2) is 0 Å². The van der Waals surface area contributed by atoms with E-state index in [0.29, 0.717) is 0 Å². The van der Waals surface area contributed by atoms with E-state index >= 15 is 0 Å². The maximum absolute atomic E-state index is 5.02. The van der Waals surface area contributed by atoms with Crippen molar-refractivity contribution in [2.45, 2.75) is 38.0 Å². The Hall–Kier alpha value is -1.20. The number of benzene rings is 1. The van der Waals surface area contributed by atoms with E-state index in [4.69, 9.17) is 4.99 Å². The van der Waals surface area contributed by atoms with Gasteiger partial charge in [0, 0.05) is 43.4 Å². The third-order valence-corrected chi connectivity index (χ3v) is 6.80. The third-order valence-electron chi connectivity index (χ3n) is 5.56. The highest BCUT2D eigenvalue weighted by Crippen LogP contribution is 2.26. The average Bonchev–Trinajstić information content (AvgIpc) is 3.34. The van der Waals surface area contributed by atoms with Crippen LogP contribution < -0.4 is 5.32 Å². The Labute approximate surface area is 169 Å². The molecular formula is C22H36N4S. The maximum Gasteiger partial charge on any atom is 0.193 e. The predicted octanol–water partition coefficient (Wildman–Crippen LogP) is 3.80. The van der Waals surface area contributed by atoms with Gasteiger partial charge in [0.15, 0.2) is 5.96 Å². The molecule has 0 amide bonds. The van der Waals surface area contributed by atoms with Gasteiger partial charge in [-0.3, -0.25) is 4.99 Å². The Kier molecular flexibility index (Phi) is 8.34. The van der Waals surface area contributed by atoms with Gasteiger partial charge < -0.3 is 15.1 Å². The Morgan fingerprint density at radius 3 is 2.70 bits per heavy atom. The van der Waals surface area contributed by atoms with Crippen molar-refractivity contribution in [2.24, 2.45) is 16.8 Å². The molecule has 1 N–H and O–H groups in total. The summed E-state index contributed by atoms with van der Waals surface area (Å²) in [5, 5.41) is 3.53. The monoisotopic (exact) mass is 388 g/mol. The lowest BCUT2D eigenvalue weighted by atomic mass is 10.1. The summed E-state index contributed by atoms with van der Waals surface area (Å²) in [6.07, 6.45) is 3.84. The zero-order valence-electron chi connectivity index (χ0n) is 17.1. The molecular weight excluding hydrogens is 352 g/mol. The highest BCUT2D eigenvalue weighted by Gasteiger charge is 2.26. The van der Waals surface area contributed by atoms with Crippen LogP contribution in [0.15, 0.2) is 40.2 Å². The minimum atomic E-state index is 0.734. The summed E-state index contributed by atoms with van der Waals surface area (Å²) in [6.45, 7) is 12.4. The number of nitrogens with one attached hydrogen (secondary N) is 1. The zero-order chi connectivity index (χ0) is 18.9. The Bertz CT molecular complexity index is 577. The van der Waals surface area contributed by atoms with Crippen LogP contribution in [0.3, 0.4) is 0 Å². The van der Waals surface area contributed by atoms with Gasteiger partial charge in [0.2, 0.25) is 0 Å². The summed E-state index contributed by atoms with van der Waals surface area (Å²) >= 11 is 1.99. The zero-order valence-corrected chi connectivity index (χ0v) is 17.9. The Morgan fingerprint density at radius 1 is 1.11 bits per heavy atom. The van der Waals surface area contributed by atoms with Crippen molar-refractivity contribution in [3.05, 3.63) is 30.3 Å². The van der Waals surface area contributed by atoms with Crippen molar-refractivity contribution in [1.29, 1.82) is 0 Å². The summed E-state index contributed by atoms with van der Waals surface area (Å²) < 4.78 is 0. The van der Waals surface area contributed by atoms with E-state index < -0.39 is 0 Å². The van der Waals surface area contributed by atoms with E-state index in [9.17, 15) is 0 Å². The van der Waals surface area contributed by atoms with E-state index in [1.54, 1.807) is 0 Å². The van der Waals surface area contributed by atoms with Gasteiger partial charge in [-0.15, -0.1) is 11.8 Å². The molecule has 0 bridgehead atoms. The van der Waals surface area contributed by atoms with Crippen molar-refractivity contribution in [3.63, 3.8) is 0 Å². The topological polar surface area (TPSA) is 30.9 Å². The number of hydrogen-bond acceptors (Lipinski definition) is 3. The SMILES string of the molecule is CCCN1CCC(CN=C(NCC)N2CCC(CSc3ccccc3)C2)C1. The van der Waals surface area contributed by atoms with Crippen molar-refractivity contribution in [3.8, 4) is 0 Å². The van der Waals surface area contributed by atoms with Crippen LogP contribution in [0.4, 0.5) is 0 Å². The second-order valence-corrected chi connectivity index (χ2v) is 8.97. The molecule has 1 aromatic carbocycles. The molecule has 0 aromatic heterocycles. The van der Waals surface area contributed by atoms with Crippen molar-refractivity contribution in [1.82, 2.24) is 15.1 Å². The second-order valence-electron chi connectivity index (χ2n) is 7.87. The highest BCUT2D eigenvalue weighted by molar-refractivity contribution is 7.99. The summed E-state index contributed by atoms with van der Waals surface area (Å²) in [4.78, 5) is 11.5. The molecule has 2 saturated heterocycles. The summed E-state index contributed by atoms with van der Waals surface area (Å²) in [7, 11) is 0. The fraction of sp³-hybridized carbons (Fsp3) is 0.682. The van der Waals surface area contributed by atoms with Crippen LogP contribution >= 0.6 is 11.8 Å². The first-order valence-corrected chi connectivity index (χ1v) is 11.7. The fourth-order valence-corrected chi connectivity index (χ4v) is 5.16. The first-order valence-electron chi connectivity index (χ1n) is 10.7. The van der Waals surface area contributed by atoms with Crippen LogP contribution in [0.1, 0.15) is 33.1 Å². The van der Waals surface area contributed by atoms with Gasteiger partial charge in [0.05, 0.1) is 0 Å². The van der Waals surface area contributed by atoms with Crippen LogP contribution in [0.25, 0.3) is 0 Å². The van der Waals surface area contributed by atoms with Gasteiger partial charge in [0.25, 0.3) is 0 Å². The molecule has 0 aliphatic carbocycles. The molecule has 27 heavy (non-hydrogen) atoms. The fourth-order valence-electron chi connectivity index (χ4n) is 4.11. The molecule has 2 unspecified atom stereocenters. The minimum Gasteiger partial charge on any atom is -0.357 e. The Morgan fingerprint density at radius 2 is 1.93 bits per heavy atom. The van der Waals surface area contributed by atoms with Crippen LogP contribution in [-0.2, 0) is 0 Å². The summed E-state index contributed by atoms with van der Waals surface area (Å²) in [6, 6.07) is 10.8. The van der Waals surface area contributed by atoms with Gasteiger partial charge in [-0.05, 0) is 63.2 Å². The van der Waals surface area contributed by atoms with E-state index in [1.807, 2.05) is 11.8 Å². The van der Waals surface area contributed by atoms with E-state index in [0.717, 1.165) is 44.0 Å². The lowest BCUT2D eigenvalue weighted by Gasteiger charge is -2.22. The van der Waals surface area contributed by atoms with Gasteiger partial charge >= 0.3 is 0 Å². The average molecular weight is 389 g/mol. The molecule has 1 aromatic rings. The normalized spacial score (nSPS) is 23.9. The summed E-state index contributed by atoms with van der Waals surface area (Å²) in [5.41, 5.74) is 0. The molecule has 0 saturated carbocycles. The molecule has 2 heterocycles. The van der Waals surface area contributed by atoms with Crippen LogP contribution in [0, 0.1) is 11.8 Å². The molecule has 2 fully saturated rings. The second kappa shape index (κ2) is 11.0. The standard InChI is InChI=1S/C22H36N4S/c1-3-12-25-13-10-19(16-25)15-24-22(23-4-2)26-14-11-20(17-26)18-27-21-8-6-5-7-9-21/h5-9,19-20H,3-4,10-18H2,1-2H3,(H,23,24). The van der Waals surface area contributed by atoms with Gasteiger partial charge in [-0.2, -0.15) is 0 Å². The number of hydrogen-bond donors (Lipinski definition) is 1. The number of guanidine groups is 1. The molecule has 2 aliphatic heterocycles. The molecule has 5 heteroatoms. The summed E-state index contributed by atoms with van der Waals surface area (Å²) in [5.74, 6) is 3.83. The first kappa shape index (κ1) is 20.5. The third kappa shape index (κ3) is 6.42. The van der Waals surface area contributed by atoms with Crippen LogP contribution in [0.5, 0.6) is 0 Å². The number of thioether (sulfide) groups is 1. The maximum atomic E-state index is 5.02. The number of rotatable bonds is 8. The van der Waals surface area contributed by atoms with E-state index in [-0.39, 0.29) is 0 Å². The lowest BCUT2D eigenvalue weighted by Crippen LogP contribution is -2.40. The Balaban J connectivity index is 1.47. The smallest absolute Gasteiger partial charge is 0.193 e. The molecule has 0 spiro atoms. The number of aliphatic imine (C=N–C) groups is 1. The quantitative estimate of drug-likeness (QED) is 0.417. The molecule has 3 rings (SSSR count). The van der Waals surface area contributed by atoms with Gasteiger partial charge in [-0.1, -0.05) is 25.1 Å². The number of nitrogens with zero attached hydrogens (tertiary/aromatic N) is 3.